The summed E-state index contributed by atoms with van der Waals surface area (Å²) in [4.78, 5) is 26.8. The zero-order chi connectivity index (χ0) is 16.4. The fourth-order valence-corrected chi connectivity index (χ4v) is 2.57. The summed E-state index contributed by atoms with van der Waals surface area (Å²) in [5.41, 5.74) is 1.65. The number of piperazine rings is 1. The lowest BCUT2D eigenvalue weighted by atomic mass is 10.3. The van der Waals surface area contributed by atoms with Crippen molar-refractivity contribution in [3.05, 3.63) is 36.0 Å². The first-order chi connectivity index (χ1) is 11.1. The Hall–Kier alpha value is -2.90. The summed E-state index contributed by atoms with van der Waals surface area (Å²) in [6, 6.07) is 9.59. The van der Waals surface area contributed by atoms with Crippen molar-refractivity contribution in [2.45, 2.75) is 6.92 Å². The Kier molecular flexibility index (Phi) is 3.96. The molecule has 2 heterocycles. The van der Waals surface area contributed by atoms with Crippen molar-refractivity contribution >= 4 is 17.8 Å². The molecule has 1 aliphatic rings. The Morgan fingerprint density at radius 3 is 2.61 bits per heavy atom. The number of carbonyl (C=O) groups is 2. The summed E-state index contributed by atoms with van der Waals surface area (Å²) in [6.07, 6.45) is -0.498. The minimum absolute atomic E-state index is 0.0235. The van der Waals surface area contributed by atoms with E-state index in [1.54, 1.807) is 9.58 Å². The van der Waals surface area contributed by atoms with E-state index in [1.807, 2.05) is 37.3 Å². The Labute approximate surface area is 133 Å². The van der Waals surface area contributed by atoms with E-state index in [9.17, 15) is 9.59 Å². The van der Waals surface area contributed by atoms with Crippen LogP contribution in [0.2, 0.25) is 0 Å². The Morgan fingerprint density at radius 2 is 1.96 bits per heavy atom. The van der Waals surface area contributed by atoms with Crippen molar-refractivity contribution in [2.75, 3.05) is 31.6 Å². The van der Waals surface area contributed by atoms with Crippen molar-refractivity contribution in [1.29, 1.82) is 0 Å². The Bertz CT molecular complexity index is 728. The number of amides is 2. The maximum Gasteiger partial charge on any atom is 0.410 e. The van der Waals surface area contributed by atoms with Crippen LogP contribution >= 0.6 is 0 Å². The predicted octanol–water partition coefficient (Wildman–Crippen LogP) is 0.991. The number of carbonyl (C=O) groups excluding carboxylic acids is 2. The van der Waals surface area contributed by atoms with Crippen LogP contribution in [0.5, 0.6) is 0 Å². The van der Waals surface area contributed by atoms with E-state index in [0.717, 1.165) is 11.4 Å². The summed E-state index contributed by atoms with van der Waals surface area (Å²) >= 11 is 0. The van der Waals surface area contributed by atoms with Crippen molar-refractivity contribution in [3.8, 4) is 5.69 Å². The monoisotopic (exact) mass is 315 g/mol. The fourth-order valence-electron chi connectivity index (χ4n) is 2.57. The van der Waals surface area contributed by atoms with Crippen molar-refractivity contribution in [2.24, 2.45) is 0 Å². The molecule has 0 aliphatic carbocycles. The van der Waals surface area contributed by atoms with Crippen LogP contribution in [0.15, 0.2) is 30.3 Å². The number of rotatable bonds is 2. The van der Waals surface area contributed by atoms with Gasteiger partial charge in [-0.25, -0.2) is 9.48 Å². The number of hydrogen-bond acceptors (Lipinski definition) is 5. The standard InChI is InChI=1S/C15H17N5O3/c1-11-14(16-17-20(11)12-6-4-3-5-7-12)19-9-8-18(10-13(19)21)15(22)23-2/h3-7H,8-10H2,1-2H3. The van der Waals surface area contributed by atoms with Crippen LogP contribution in [0.3, 0.4) is 0 Å². The molecule has 0 bridgehead atoms. The van der Waals surface area contributed by atoms with Crippen molar-refractivity contribution < 1.29 is 14.3 Å². The molecular formula is C15H17N5O3. The van der Waals surface area contributed by atoms with Gasteiger partial charge in [0.25, 0.3) is 0 Å². The molecule has 8 heteroatoms. The van der Waals surface area contributed by atoms with Gasteiger partial charge >= 0.3 is 6.09 Å². The molecule has 3 rings (SSSR count). The fraction of sp³-hybridized carbons (Fsp3) is 0.333. The molecule has 8 nitrogen and oxygen atoms in total. The van der Waals surface area contributed by atoms with Gasteiger partial charge in [0.05, 0.1) is 18.5 Å². The highest BCUT2D eigenvalue weighted by molar-refractivity contribution is 5.96. The molecule has 2 aromatic rings. The summed E-state index contributed by atoms with van der Waals surface area (Å²) in [6.45, 7) is 2.60. The zero-order valence-corrected chi connectivity index (χ0v) is 13.0. The van der Waals surface area contributed by atoms with E-state index >= 15 is 0 Å². The maximum atomic E-state index is 12.3. The first kappa shape index (κ1) is 15.0. The van der Waals surface area contributed by atoms with Gasteiger partial charge in [-0.05, 0) is 19.1 Å². The van der Waals surface area contributed by atoms with Crippen LogP contribution in [-0.2, 0) is 9.53 Å². The van der Waals surface area contributed by atoms with Gasteiger partial charge in [0.15, 0.2) is 5.82 Å². The second-order valence-electron chi connectivity index (χ2n) is 5.18. The van der Waals surface area contributed by atoms with Crippen molar-refractivity contribution in [3.63, 3.8) is 0 Å². The third-order valence-corrected chi connectivity index (χ3v) is 3.78. The van der Waals surface area contributed by atoms with Crippen LogP contribution < -0.4 is 4.90 Å². The second kappa shape index (κ2) is 6.07. The second-order valence-corrected chi connectivity index (χ2v) is 5.18. The van der Waals surface area contributed by atoms with Gasteiger partial charge in [-0.3, -0.25) is 14.6 Å². The molecule has 0 radical (unpaired) electrons. The minimum Gasteiger partial charge on any atom is -0.453 e. The highest BCUT2D eigenvalue weighted by Crippen LogP contribution is 2.21. The number of hydrogen-bond donors (Lipinski definition) is 0. The molecule has 0 spiro atoms. The van der Waals surface area contributed by atoms with E-state index in [4.69, 9.17) is 0 Å². The van der Waals surface area contributed by atoms with E-state index in [1.165, 1.54) is 12.0 Å². The van der Waals surface area contributed by atoms with Crippen LogP contribution in [0, 0.1) is 6.92 Å². The lowest BCUT2D eigenvalue weighted by Gasteiger charge is -2.32. The molecule has 1 aliphatic heterocycles. The molecule has 1 aromatic carbocycles. The SMILES string of the molecule is COC(=O)N1CCN(c2nnn(-c3ccccc3)c2C)C(=O)C1. The number of ether oxygens (including phenoxy) is 1. The first-order valence-electron chi connectivity index (χ1n) is 7.23. The number of nitrogens with zero attached hydrogens (tertiary/aromatic N) is 5. The number of methoxy groups -OCH3 is 1. The van der Waals surface area contributed by atoms with Gasteiger partial charge in [0.1, 0.15) is 6.54 Å². The third-order valence-electron chi connectivity index (χ3n) is 3.78. The van der Waals surface area contributed by atoms with E-state index < -0.39 is 6.09 Å². The van der Waals surface area contributed by atoms with E-state index in [-0.39, 0.29) is 12.5 Å². The normalized spacial score (nSPS) is 15.0. The number of benzene rings is 1. The summed E-state index contributed by atoms with van der Waals surface area (Å²) in [5, 5.41) is 8.27. The van der Waals surface area contributed by atoms with Gasteiger partial charge in [0.2, 0.25) is 5.91 Å². The largest absolute Gasteiger partial charge is 0.453 e. The average molecular weight is 315 g/mol. The molecule has 2 amide bonds. The van der Waals surface area contributed by atoms with Crippen LogP contribution in [-0.4, -0.2) is 58.6 Å². The van der Waals surface area contributed by atoms with E-state index in [0.29, 0.717) is 18.9 Å². The smallest absolute Gasteiger partial charge is 0.410 e. The number of aromatic nitrogens is 3. The summed E-state index contributed by atoms with van der Waals surface area (Å²) in [5.74, 6) is 0.313. The number of para-hydroxylation sites is 1. The van der Waals surface area contributed by atoms with Gasteiger partial charge in [-0.2, -0.15) is 0 Å². The molecular weight excluding hydrogens is 298 g/mol. The van der Waals surface area contributed by atoms with E-state index in [2.05, 4.69) is 15.0 Å². The molecule has 1 saturated heterocycles. The molecule has 1 aromatic heterocycles. The lowest BCUT2D eigenvalue weighted by Crippen LogP contribution is -2.52. The zero-order valence-electron chi connectivity index (χ0n) is 13.0. The van der Waals surface area contributed by atoms with Crippen molar-refractivity contribution in [1.82, 2.24) is 19.9 Å². The van der Waals surface area contributed by atoms with Gasteiger partial charge in [0, 0.05) is 13.1 Å². The molecule has 0 atom stereocenters. The first-order valence-corrected chi connectivity index (χ1v) is 7.23. The predicted molar refractivity (Wildman–Crippen MR) is 82.4 cm³/mol. The highest BCUT2D eigenvalue weighted by Gasteiger charge is 2.31. The number of anilines is 1. The molecule has 23 heavy (non-hydrogen) atoms. The highest BCUT2D eigenvalue weighted by atomic mass is 16.5. The van der Waals surface area contributed by atoms with Crippen LogP contribution in [0.1, 0.15) is 5.69 Å². The Morgan fingerprint density at radius 1 is 1.22 bits per heavy atom. The quantitative estimate of drug-likeness (QED) is 0.825. The summed E-state index contributed by atoms with van der Waals surface area (Å²) in [7, 11) is 1.30. The third kappa shape index (κ3) is 2.75. The molecule has 0 unspecified atom stereocenters. The molecule has 1 fully saturated rings. The molecule has 120 valence electrons. The summed E-state index contributed by atoms with van der Waals surface area (Å²) < 4.78 is 6.34. The molecule has 0 N–H and O–H groups in total. The van der Waals surface area contributed by atoms with Crippen LogP contribution in [0.4, 0.5) is 10.6 Å². The van der Waals surface area contributed by atoms with Gasteiger partial charge < -0.3 is 4.74 Å². The molecule has 0 saturated carbocycles. The lowest BCUT2D eigenvalue weighted by molar-refractivity contribution is -0.120. The van der Waals surface area contributed by atoms with Gasteiger partial charge in [-0.15, -0.1) is 5.10 Å². The topological polar surface area (TPSA) is 80.6 Å². The minimum atomic E-state index is -0.498. The van der Waals surface area contributed by atoms with Gasteiger partial charge in [-0.1, -0.05) is 23.4 Å². The average Bonchev–Trinajstić information content (AvgIpc) is 2.96. The Balaban J connectivity index is 1.83. The van der Waals surface area contributed by atoms with Crippen LogP contribution in [0.25, 0.3) is 5.69 Å². The maximum absolute atomic E-state index is 12.3.